The van der Waals surface area contributed by atoms with Crippen LogP contribution < -0.4 is 10.5 Å². The second kappa shape index (κ2) is 7.24. The highest BCUT2D eigenvalue weighted by Gasteiger charge is 2.10. The molecule has 0 radical (unpaired) electrons. The van der Waals surface area contributed by atoms with E-state index < -0.39 is 0 Å². The van der Waals surface area contributed by atoms with Crippen molar-refractivity contribution in [2.75, 3.05) is 13.7 Å². The molecule has 0 unspecified atom stereocenters. The lowest BCUT2D eigenvalue weighted by atomic mass is 10.1. The predicted octanol–water partition coefficient (Wildman–Crippen LogP) is 3.06. The van der Waals surface area contributed by atoms with Gasteiger partial charge in [-0.2, -0.15) is 0 Å². The molecule has 0 aliphatic carbocycles. The molecule has 3 N–H and O–H groups in total. The first kappa shape index (κ1) is 15.5. The summed E-state index contributed by atoms with van der Waals surface area (Å²) in [7, 11) is 1.61. The van der Waals surface area contributed by atoms with Gasteiger partial charge < -0.3 is 10.5 Å². The van der Waals surface area contributed by atoms with Gasteiger partial charge in [0, 0.05) is 18.0 Å². The van der Waals surface area contributed by atoms with Crippen LogP contribution in [0.5, 0.6) is 5.75 Å². The van der Waals surface area contributed by atoms with E-state index >= 15 is 0 Å². The largest absolute Gasteiger partial charge is 0.496 e. The van der Waals surface area contributed by atoms with Crippen molar-refractivity contribution in [1.82, 2.24) is 4.90 Å². The Bertz CT molecular complexity index is 596. The van der Waals surface area contributed by atoms with Crippen LogP contribution in [0.2, 0.25) is 0 Å². The van der Waals surface area contributed by atoms with E-state index in [-0.39, 0.29) is 5.84 Å². The van der Waals surface area contributed by atoms with Crippen molar-refractivity contribution in [3.63, 3.8) is 0 Å². The zero-order valence-corrected chi connectivity index (χ0v) is 13.2. The molecule has 1 aromatic carbocycles. The normalized spacial score (nSPS) is 10.8. The summed E-state index contributed by atoms with van der Waals surface area (Å²) < 4.78 is 5.33. The molecule has 0 spiro atoms. The second-order valence-electron chi connectivity index (χ2n) is 4.83. The van der Waals surface area contributed by atoms with Crippen molar-refractivity contribution in [3.05, 3.63) is 51.7 Å². The third-order valence-electron chi connectivity index (χ3n) is 3.37. The van der Waals surface area contributed by atoms with Gasteiger partial charge >= 0.3 is 0 Å². The third-order valence-corrected chi connectivity index (χ3v) is 4.23. The van der Waals surface area contributed by atoms with Crippen LogP contribution in [0.1, 0.15) is 22.9 Å². The molecule has 2 aromatic rings. The molecule has 0 fully saturated rings. The number of thiophene rings is 1. The molecule has 2 rings (SSSR count). The number of hydrogen-bond acceptors (Lipinski definition) is 4. The van der Waals surface area contributed by atoms with Crippen LogP contribution in [0.15, 0.2) is 35.7 Å². The van der Waals surface area contributed by atoms with E-state index in [9.17, 15) is 0 Å². The van der Waals surface area contributed by atoms with Crippen molar-refractivity contribution < 1.29 is 4.74 Å². The number of amidine groups is 1. The van der Waals surface area contributed by atoms with Crippen LogP contribution in [0.25, 0.3) is 0 Å². The predicted molar refractivity (Wildman–Crippen MR) is 88.1 cm³/mol. The van der Waals surface area contributed by atoms with Crippen molar-refractivity contribution >= 4 is 17.2 Å². The number of rotatable bonds is 7. The van der Waals surface area contributed by atoms with E-state index in [1.165, 1.54) is 4.88 Å². The standard InChI is InChI=1S/C16H21N3OS/c1-3-19(11-13-5-4-8-21-13)10-12-6-7-14(16(17)18)15(9-12)20-2/h4-9H,3,10-11H2,1-2H3,(H3,17,18). The molecule has 0 atom stereocenters. The molecular formula is C16H21N3OS. The lowest BCUT2D eigenvalue weighted by Gasteiger charge is -2.20. The Morgan fingerprint density at radius 2 is 2.14 bits per heavy atom. The van der Waals surface area contributed by atoms with Crippen LogP contribution in [0.3, 0.4) is 0 Å². The van der Waals surface area contributed by atoms with E-state index in [1.54, 1.807) is 18.4 Å². The monoisotopic (exact) mass is 303 g/mol. The van der Waals surface area contributed by atoms with Gasteiger partial charge in [0.15, 0.2) is 0 Å². The number of benzene rings is 1. The molecular weight excluding hydrogens is 282 g/mol. The summed E-state index contributed by atoms with van der Waals surface area (Å²) in [5.41, 5.74) is 7.36. The van der Waals surface area contributed by atoms with E-state index in [4.69, 9.17) is 15.9 Å². The maximum absolute atomic E-state index is 7.55. The summed E-state index contributed by atoms with van der Waals surface area (Å²) in [5.74, 6) is 0.691. The summed E-state index contributed by atoms with van der Waals surface area (Å²) in [4.78, 5) is 3.73. The number of nitrogens with two attached hydrogens (primary N) is 1. The van der Waals surface area contributed by atoms with E-state index in [0.29, 0.717) is 11.3 Å². The van der Waals surface area contributed by atoms with Gasteiger partial charge in [-0.15, -0.1) is 11.3 Å². The summed E-state index contributed by atoms with van der Waals surface area (Å²) in [5, 5.41) is 9.65. The van der Waals surface area contributed by atoms with Crippen molar-refractivity contribution in [2.24, 2.45) is 5.73 Å². The van der Waals surface area contributed by atoms with Gasteiger partial charge in [0.1, 0.15) is 11.6 Å². The Morgan fingerprint density at radius 3 is 2.71 bits per heavy atom. The smallest absolute Gasteiger partial charge is 0.130 e. The number of nitrogens with zero attached hydrogens (tertiary/aromatic N) is 1. The maximum atomic E-state index is 7.55. The molecule has 112 valence electrons. The van der Waals surface area contributed by atoms with Gasteiger partial charge in [-0.3, -0.25) is 10.3 Å². The Balaban J connectivity index is 2.12. The topological polar surface area (TPSA) is 62.3 Å². The lowest BCUT2D eigenvalue weighted by molar-refractivity contribution is 0.273. The number of ether oxygens (including phenoxy) is 1. The molecule has 4 nitrogen and oxygen atoms in total. The first-order valence-corrected chi connectivity index (χ1v) is 7.78. The van der Waals surface area contributed by atoms with Crippen molar-refractivity contribution in [1.29, 1.82) is 5.41 Å². The highest BCUT2D eigenvalue weighted by Crippen LogP contribution is 2.21. The van der Waals surface area contributed by atoms with E-state index in [1.807, 2.05) is 18.2 Å². The van der Waals surface area contributed by atoms with Gasteiger partial charge in [-0.05, 0) is 35.7 Å². The van der Waals surface area contributed by atoms with Gasteiger partial charge in [-0.25, -0.2) is 0 Å². The van der Waals surface area contributed by atoms with Crippen LogP contribution in [0.4, 0.5) is 0 Å². The van der Waals surface area contributed by atoms with Gasteiger partial charge in [0.05, 0.1) is 12.7 Å². The highest BCUT2D eigenvalue weighted by atomic mass is 32.1. The summed E-state index contributed by atoms with van der Waals surface area (Å²) in [6.07, 6.45) is 0. The van der Waals surface area contributed by atoms with E-state index in [2.05, 4.69) is 29.3 Å². The molecule has 21 heavy (non-hydrogen) atoms. The first-order valence-electron chi connectivity index (χ1n) is 6.90. The molecule has 1 heterocycles. The molecule has 0 aliphatic rings. The van der Waals surface area contributed by atoms with E-state index in [0.717, 1.165) is 25.2 Å². The van der Waals surface area contributed by atoms with Crippen molar-refractivity contribution in [2.45, 2.75) is 20.0 Å². The van der Waals surface area contributed by atoms with Crippen LogP contribution in [-0.4, -0.2) is 24.4 Å². The average molecular weight is 303 g/mol. The lowest BCUT2D eigenvalue weighted by Crippen LogP contribution is -2.22. The minimum atomic E-state index is 0.0318. The number of nitrogen functional groups attached to an aromatic ring is 1. The van der Waals surface area contributed by atoms with Gasteiger partial charge in [0.2, 0.25) is 0 Å². The molecule has 0 amide bonds. The van der Waals surface area contributed by atoms with Crippen LogP contribution >= 0.6 is 11.3 Å². The van der Waals surface area contributed by atoms with Crippen LogP contribution in [0, 0.1) is 5.41 Å². The maximum Gasteiger partial charge on any atom is 0.130 e. The quantitative estimate of drug-likeness (QED) is 0.610. The number of methoxy groups -OCH3 is 1. The third kappa shape index (κ3) is 4.06. The summed E-state index contributed by atoms with van der Waals surface area (Å²) >= 11 is 1.78. The molecule has 0 aliphatic heterocycles. The number of nitrogens with one attached hydrogen (secondary N) is 1. The van der Waals surface area contributed by atoms with Gasteiger partial charge in [-0.1, -0.05) is 19.1 Å². The fraction of sp³-hybridized carbons (Fsp3) is 0.312. The zero-order valence-electron chi connectivity index (χ0n) is 12.4. The van der Waals surface area contributed by atoms with Crippen LogP contribution in [-0.2, 0) is 13.1 Å². The Labute approximate surface area is 129 Å². The second-order valence-corrected chi connectivity index (χ2v) is 5.86. The molecule has 5 heteroatoms. The highest BCUT2D eigenvalue weighted by molar-refractivity contribution is 7.09. The SMILES string of the molecule is CCN(Cc1ccc(C(=N)N)c(OC)c1)Cc1cccs1. The fourth-order valence-electron chi connectivity index (χ4n) is 2.22. The molecule has 0 saturated heterocycles. The molecule has 0 saturated carbocycles. The first-order chi connectivity index (χ1) is 10.1. The number of hydrogen-bond donors (Lipinski definition) is 2. The molecule has 0 bridgehead atoms. The molecule has 1 aromatic heterocycles. The Hall–Kier alpha value is -1.85. The minimum Gasteiger partial charge on any atom is -0.496 e. The summed E-state index contributed by atoms with van der Waals surface area (Å²) in [6.45, 7) is 4.94. The van der Waals surface area contributed by atoms with Gasteiger partial charge in [0.25, 0.3) is 0 Å². The minimum absolute atomic E-state index is 0.0318. The Morgan fingerprint density at radius 1 is 1.33 bits per heavy atom. The Kier molecular flexibility index (Phi) is 5.36. The van der Waals surface area contributed by atoms with Crippen molar-refractivity contribution in [3.8, 4) is 5.75 Å². The fourth-order valence-corrected chi connectivity index (χ4v) is 2.96. The zero-order chi connectivity index (χ0) is 15.2. The average Bonchev–Trinajstić information content (AvgIpc) is 2.99. The summed E-state index contributed by atoms with van der Waals surface area (Å²) in [6, 6.07) is 10.1.